The maximum absolute atomic E-state index is 6.78. The Labute approximate surface area is 171 Å². The third-order valence-electron chi connectivity index (χ3n) is 5.23. The highest BCUT2D eigenvalue weighted by atomic mass is 79.9. The minimum absolute atomic E-state index is 0.199. The topological polar surface area (TPSA) is 9.23 Å². The lowest BCUT2D eigenvalue weighted by Gasteiger charge is -2.46. The van der Waals surface area contributed by atoms with Crippen molar-refractivity contribution >= 4 is 50.2 Å². The van der Waals surface area contributed by atoms with Crippen molar-refractivity contribution in [1.29, 1.82) is 0 Å². The van der Waals surface area contributed by atoms with E-state index >= 15 is 0 Å². The van der Waals surface area contributed by atoms with Gasteiger partial charge >= 0.3 is 0 Å². The fourth-order valence-corrected chi connectivity index (χ4v) is 7.68. The van der Waals surface area contributed by atoms with Crippen LogP contribution in [0, 0.1) is 0 Å². The molecular weight excluding hydrogens is 424 g/mol. The molecule has 1 atom stereocenters. The van der Waals surface area contributed by atoms with Crippen molar-refractivity contribution in [2.45, 2.75) is 23.0 Å². The highest BCUT2D eigenvalue weighted by Gasteiger charge is 2.48. The summed E-state index contributed by atoms with van der Waals surface area (Å²) in [5.74, 6) is 3.77. The molecule has 1 saturated heterocycles. The Hall–Kier alpha value is -1.10. The molecule has 2 heterocycles. The van der Waals surface area contributed by atoms with Crippen LogP contribution >= 0.6 is 39.5 Å². The van der Waals surface area contributed by atoms with Gasteiger partial charge in [-0.15, -0.1) is 23.5 Å². The van der Waals surface area contributed by atoms with Gasteiger partial charge in [0.15, 0.2) is 0 Å². The molecule has 0 N–H and O–H groups in total. The number of hydrogen-bond donors (Lipinski definition) is 0. The Morgan fingerprint density at radius 1 is 0.962 bits per heavy atom. The van der Waals surface area contributed by atoms with Gasteiger partial charge in [0, 0.05) is 16.0 Å². The second-order valence-corrected chi connectivity index (χ2v) is 10.6. The Morgan fingerprint density at radius 3 is 2.58 bits per heavy atom. The van der Waals surface area contributed by atoms with Crippen LogP contribution in [0.1, 0.15) is 23.5 Å². The highest BCUT2D eigenvalue weighted by Crippen LogP contribution is 2.57. The SMILES string of the molecule is Brc1ccc2c3c(ccc2c1)OC1(SCCCS1)[C@H](c1ccccc1)C3. The minimum atomic E-state index is -0.199. The normalized spacial score (nSPS) is 21.3. The Kier molecular flexibility index (Phi) is 4.46. The summed E-state index contributed by atoms with van der Waals surface area (Å²) in [6.45, 7) is 0. The first-order valence-electron chi connectivity index (χ1n) is 8.98. The largest absolute Gasteiger partial charge is 0.466 e. The molecule has 2 aliphatic heterocycles. The molecule has 0 aromatic heterocycles. The van der Waals surface area contributed by atoms with Crippen molar-refractivity contribution in [2.24, 2.45) is 0 Å². The number of rotatable bonds is 1. The summed E-state index contributed by atoms with van der Waals surface area (Å²) in [6, 6.07) is 21.8. The van der Waals surface area contributed by atoms with Crippen LogP contribution in [0.2, 0.25) is 0 Å². The molecule has 4 heteroatoms. The zero-order chi connectivity index (χ0) is 17.6. The molecule has 0 unspecified atom stereocenters. The number of ether oxygens (including phenoxy) is 1. The molecule has 0 radical (unpaired) electrons. The lowest BCUT2D eigenvalue weighted by molar-refractivity contribution is 0.199. The van der Waals surface area contributed by atoms with E-state index < -0.39 is 0 Å². The third kappa shape index (κ3) is 2.87. The summed E-state index contributed by atoms with van der Waals surface area (Å²) in [5.41, 5.74) is 2.73. The van der Waals surface area contributed by atoms with E-state index in [4.69, 9.17) is 4.74 Å². The van der Waals surface area contributed by atoms with Gasteiger partial charge in [-0.25, -0.2) is 0 Å². The molecule has 1 fully saturated rings. The first-order valence-corrected chi connectivity index (χ1v) is 11.7. The van der Waals surface area contributed by atoms with E-state index in [2.05, 4.69) is 76.6 Å². The van der Waals surface area contributed by atoms with Crippen LogP contribution < -0.4 is 4.74 Å². The van der Waals surface area contributed by atoms with Crippen molar-refractivity contribution in [3.8, 4) is 5.75 Å². The summed E-state index contributed by atoms with van der Waals surface area (Å²) in [4.78, 5) is 0. The predicted octanol–water partition coefficient (Wildman–Crippen LogP) is 6.84. The minimum Gasteiger partial charge on any atom is -0.466 e. The third-order valence-corrected chi connectivity index (χ3v) is 8.96. The van der Waals surface area contributed by atoms with Gasteiger partial charge in [0.1, 0.15) is 5.75 Å². The fourth-order valence-electron chi connectivity index (χ4n) is 4.00. The average molecular weight is 443 g/mol. The average Bonchev–Trinajstić information content (AvgIpc) is 2.68. The van der Waals surface area contributed by atoms with Gasteiger partial charge in [-0.3, -0.25) is 0 Å². The maximum Gasteiger partial charge on any atom is 0.208 e. The van der Waals surface area contributed by atoms with Crippen LogP contribution in [0.15, 0.2) is 65.1 Å². The molecule has 0 saturated carbocycles. The van der Waals surface area contributed by atoms with Crippen LogP contribution in [0.25, 0.3) is 10.8 Å². The van der Waals surface area contributed by atoms with E-state index in [0.29, 0.717) is 5.92 Å². The smallest absolute Gasteiger partial charge is 0.208 e. The second-order valence-electron chi connectivity index (χ2n) is 6.83. The van der Waals surface area contributed by atoms with E-state index in [-0.39, 0.29) is 4.27 Å². The lowest BCUT2D eigenvalue weighted by Crippen LogP contribution is -2.42. The fraction of sp³-hybridized carbons (Fsp3) is 0.273. The zero-order valence-electron chi connectivity index (χ0n) is 14.3. The van der Waals surface area contributed by atoms with Gasteiger partial charge in [0.2, 0.25) is 4.27 Å². The van der Waals surface area contributed by atoms with Gasteiger partial charge < -0.3 is 4.74 Å². The standard InChI is InChI=1S/C22H19BrOS2/c23-17-8-9-18-16(13-17)7-10-21-19(18)14-20(15-5-2-1-3-6-15)22(24-21)25-11-4-12-26-22/h1-3,5-10,13,20H,4,11-12,14H2/t20-/m0/s1. The summed E-state index contributed by atoms with van der Waals surface area (Å²) in [7, 11) is 0. The Bertz CT molecular complexity index is 951. The van der Waals surface area contributed by atoms with Crippen molar-refractivity contribution < 1.29 is 4.74 Å². The molecule has 26 heavy (non-hydrogen) atoms. The van der Waals surface area contributed by atoms with Crippen molar-refractivity contribution in [3.63, 3.8) is 0 Å². The first kappa shape index (κ1) is 17.0. The van der Waals surface area contributed by atoms with E-state index in [1.54, 1.807) is 0 Å². The van der Waals surface area contributed by atoms with Crippen LogP contribution in [-0.2, 0) is 6.42 Å². The first-order chi connectivity index (χ1) is 12.8. The summed E-state index contributed by atoms with van der Waals surface area (Å²) >= 11 is 7.58. The molecular formula is C22H19BrOS2. The number of hydrogen-bond acceptors (Lipinski definition) is 3. The molecule has 1 nitrogen and oxygen atoms in total. The Morgan fingerprint density at radius 2 is 1.77 bits per heavy atom. The molecule has 132 valence electrons. The quantitative estimate of drug-likeness (QED) is 0.407. The molecule has 1 spiro atoms. The van der Waals surface area contributed by atoms with Gasteiger partial charge in [0.25, 0.3) is 0 Å². The van der Waals surface area contributed by atoms with Crippen molar-refractivity contribution in [3.05, 3.63) is 76.3 Å². The van der Waals surface area contributed by atoms with Crippen molar-refractivity contribution in [2.75, 3.05) is 11.5 Å². The van der Waals surface area contributed by atoms with Crippen LogP contribution in [0.3, 0.4) is 0 Å². The van der Waals surface area contributed by atoms with Gasteiger partial charge in [-0.1, -0.05) is 58.4 Å². The monoisotopic (exact) mass is 442 g/mol. The summed E-state index contributed by atoms with van der Waals surface area (Å²) in [6.07, 6.45) is 2.29. The van der Waals surface area contributed by atoms with Gasteiger partial charge in [-0.05, 0) is 58.9 Å². The van der Waals surface area contributed by atoms with E-state index in [1.165, 1.54) is 39.8 Å². The number of benzene rings is 3. The summed E-state index contributed by atoms with van der Waals surface area (Å²) < 4.78 is 7.70. The van der Waals surface area contributed by atoms with E-state index in [0.717, 1.165) is 16.6 Å². The molecule has 2 aliphatic rings. The number of halogens is 1. The van der Waals surface area contributed by atoms with E-state index in [1.807, 2.05) is 23.5 Å². The molecule has 3 aromatic rings. The second kappa shape index (κ2) is 6.81. The molecule has 3 aromatic carbocycles. The summed E-state index contributed by atoms with van der Waals surface area (Å²) in [5, 5.41) is 2.58. The number of thioether (sulfide) groups is 2. The van der Waals surface area contributed by atoms with Crippen molar-refractivity contribution in [1.82, 2.24) is 0 Å². The maximum atomic E-state index is 6.78. The zero-order valence-corrected chi connectivity index (χ0v) is 17.5. The predicted molar refractivity (Wildman–Crippen MR) is 117 cm³/mol. The molecule has 0 amide bonds. The van der Waals surface area contributed by atoms with Crippen LogP contribution in [-0.4, -0.2) is 15.8 Å². The van der Waals surface area contributed by atoms with Gasteiger partial charge in [0.05, 0.1) is 0 Å². The molecule has 5 rings (SSSR count). The van der Waals surface area contributed by atoms with Crippen LogP contribution in [0.5, 0.6) is 5.75 Å². The van der Waals surface area contributed by atoms with E-state index in [9.17, 15) is 0 Å². The van der Waals surface area contributed by atoms with Crippen LogP contribution in [0.4, 0.5) is 0 Å². The van der Waals surface area contributed by atoms with Gasteiger partial charge in [-0.2, -0.15) is 0 Å². The molecule has 0 aliphatic carbocycles. The highest BCUT2D eigenvalue weighted by molar-refractivity contribution is 9.10. The lowest BCUT2D eigenvalue weighted by atomic mass is 9.87. The number of fused-ring (bicyclic) bond motifs is 3. The Balaban J connectivity index is 1.67. The molecule has 0 bridgehead atoms.